The van der Waals surface area contributed by atoms with E-state index in [1.165, 1.54) is 4.90 Å². The Balaban J connectivity index is 2.27. The Morgan fingerprint density at radius 3 is 2.52 bits per heavy atom. The number of hydrogen-bond acceptors (Lipinski definition) is 4. The second-order valence-corrected chi connectivity index (χ2v) is 8.24. The van der Waals surface area contributed by atoms with Gasteiger partial charge < -0.3 is 9.80 Å². The monoisotopic (exact) mass is 358 g/mol. The molecule has 1 aliphatic rings. The number of halogens is 1. The van der Waals surface area contributed by atoms with Crippen LogP contribution >= 0.6 is 10.7 Å². The van der Waals surface area contributed by atoms with Crippen molar-refractivity contribution in [3.05, 3.63) is 29.8 Å². The highest BCUT2D eigenvalue weighted by Crippen LogP contribution is 2.27. The first-order valence-electron chi connectivity index (χ1n) is 7.41. The van der Waals surface area contributed by atoms with Crippen LogP contribution in [-0.2, 0) is 13.8 Å². The Labute approximate surface area is 140 Å². The van der Waals surface area contributed by atoms with Gasteiger partial charge >= 0.3 is 0 Å². The summed E-state index contributed by atoms with van der Waals surface area (Å²) in [6.45, 7) is 4.98. The first-order chi connectivity index (χ1) is 10.8. The molecule has 1 atom stereocenters. The van der Waals surface area contributed by atoms with Gasteiger partial charge in [-0.2, -0.15) is 0 Å². The van der Waals surface area contributed by atoms with Gasteiger partial charge in [-0.3, -0.25) is 9.59 Å². The van der Waals surface area contributed by atoms with E-state index in [0.717, 1.165) is 0 Å². The standard InChI is InChI=1S/C15H19ClN2O4S/c1-3-17(4-2)15(20)11-6-5-7-12(8-11)18-10-13(9-14(18)19)23(16,21)22/h5-8,13H,3-4,9-10H2,1-2H3. The highest BCUT2D eigenvalue weighted by Gasteiger charge is 2.38. The van der Waals surface area contributed by atoms with E-state index < -0.39 is 14.3 Å². The van der Waals surface area contributed by atoms with Crippen LogP contribution in [0.15, 0.2) is 24.3 Å². The van der Waals surface area contributed by atoms with Crippen molar-refractivity contribution in [2.75, 3.05) is 24.5 Å². The number of benzene rings is 1. The lowest BCUT2D eigenvalue weighted by molar-refractivity contribution is -0.117. The minimum absolute atomic E-state index is 0.00752. The maximum Gasteiger partial charge on any atom is 0.253 e. The molecule has 1 aliphatic heterocycles. The zero-order valence-electron chi connectivity index (χ0n) is 13.0. The van der Waals surface area contributed by atoms with Gasteiger partial charge in [0.25, 0.3) is 5.91 Å². The highest BCUT2D eigenvalue weighted by molar-refractivity contribution is 8.14. The molecule has 2 amide bonds. The maximum absolute atomic E-state index is 12.4. The molecule has 0 radical (unpaired) electrons. The minimum atomic E-state index is -3.79. The van der Waals surface area contributed by atoms with Crippen LogP contribution in [0.5, 0.6) is 0 Å². The van der Waals surface area contributed by atoms with Crippen molar-refractivity contribution in [1.29, 1.82) is 0 Å². The predicted octanol–water partition coefficient (Wildman–Crippen LogP) is 1.84. The number of nitrogens with zero attached hydrogens (tertiary/aromatic N) is 2. The van der Waals surface area contributed by atoms with E-state index in [1.807, 2.05) is 13.8 Å². The molecule has 0 spiro atoms. The molecular formula is C15H19ClN2O4S. The smallest absolute Gasteiger partial charge is 0.253 e. The molecule has 1 fully saturated rings. The molecule has 0 saturated carbocycles. The Kier molecular flexibility index (Phi) is 5.31. The fourth-order valence-electron chi connectivity index (χ4n) is 2.61. The van der Waals surface area contributed by atoms with Gasteiger partial charge in [-0.15, -0.1) is 0 Å². The largest absolute Gasteiger partial charge is 0.339 e. The SMILES string of the molecule is CCN(CC)C(=O)c1cccc(N2CC(S(=O)(=O)Cl)CC2=O)c1. The van der Waals surface area contributed by atoms with Gasteiger partial charge in [0.1, 0.15) is 5.25 Å². The molecule has 6 nitrogen and oxygen atoms in total. The third-order valence-electron chi connectivity index (χ3n) is 3.94. The van der Waals surface area contributed by atoms with E-state index in [1.54, 1.807) is 29.2 Å². The number of hydrogen-bond donors (Lipinski definition) is 0. The summed E-state index contributed by atoms with van der Waals surface area (Å²) < 4.78 is 22.8. The molecule has 1 unspecified atom stereocenters. The Morgan fingerprint density at radius 1 is 1.35 bits per heavy atom. The number of carbonyl (C=O) groups excluding carboxylic acids is 2. The Bertz CT molecular complexity index is 716. The van der Waals surface area contributed by atoms with E-state index in [4.69, 9.17) is 10.7 Å². The molecular weight excluding hydrogens is 340 g/mol. The summed E-state index contributed by atoms with van der Waals surface area (Å²) >= 11 is 0. The fourth-order valence-corrected chi connectivity index (χ4v) is 3.64. The summed E-state index contributed by atoms with van der Waals surface area (Å²) in [5, 5.41) is -0.918. The summed E-state index contributed by atoms with van der Waals surface area (Å²) in [6, 6.07) is 6.66. The lowest BCUT2D eigenvalue weighted by Gasteiger charge is -2.21. The third kappa shape index (κ3) is 3.84. The van der Waals surface area contributed by atoms with Crippen LogP contribution in [0.3, 0.4) is 0 Å². The predicted molar refractivity (Wildman–Crippen MR) is 89.2 cm³/mol. The van der Waals surface area contributed by atoms with Gasteiger partial charge in [0.05, 0.1) is 0 Å². The Morgan fingerprint density at radius 2 is 2.00 bits per heavy atom. The van der Waals surface area contributed by atoms with E-state index in [2.05, 4.69) is 0 Å². The van der Waals surface area contributed by atoms with E-state index >= 15 is 0 Å². The van der Waals surface area contributed by atoms with Crippen LogP contribution in [0.4, 0.5) is 5.69 Å². The van der Waals surface area contributed by atoms with Crippen molar-refractivity contribution in [2.45, 2.75) is 25.5 Å². The van der Waals surface area contributed by atoms with Gasteiger partial charge in [0, 0.05) is 48.0 Å². The summed E-state index contributed by atoms with van der Waals surface area (Å²) in [7, 11) is 1.56. The first kappa shape index (κ1) is 17.7. The van der Waals surface area contributed by atoms with E-state index in [-0.39, 0.29) is 24.8 Å². The normalized spacial score (nSPS) is 18.3. The summed E-state index contributed by atoms with van der Waals surface area (Å²) in [5.41, 5.74) is 0.979. The molecule has 0 N–H and O–H groups in total. The fraction of sp³-hybridized carbons (Fsp3) is 0.467. The second kappa shape index (κ2) is 6.88. The topological polar surface area (TPSA) is 74.8 Å². The van der Waals surface area contributed by atoms with Crippen LogP contribution in [0.2, 0.25) is 0 Å². The van der Waals surface area contributed by atoms with Gasteiger partial charge in [-0.05, 0) is 32.0 Å². The van der Waals surface area contributed by atoms with Crippen LogP contribution in [0.25, 0.3) is 0 Å². The molecule has 0 aliphatic carbocycles. The second-order valence-electron chi connectivity index (χ2n) is 5.33. The van der Waals surface area contributed by atoms with Crippen LogP contribution in [-0.4, -0.2) is 50.0 Å². The van der Waals surface area contributed by atoms with Crippen molar-refractivity contribution in [1.82, 2.24) is 4.90 Å². The van der Waals surface area contributed by atoms with Crippen molar-refractivity contribution in [3.8, 4) is 0 Å². The van der Waals surface area contributed by atoms with Crippen LogP contribution < -0.4 is 4.90 Å². The molecule has 8 heteroatoms. The number of rotatable bonds is 5. The molecule has 1 saturated heterocycles. The molecule has 1 aromatic carbocycles. The maximum atomic E-state index is 12.4. The molecule has 2 rings (SSSR count). The molecule has 0 bridgehead atoms. The van der Waals surface area contributed by atoms with Crippen molar-refractivity contribution < 1.29 is 18.0 Å². The highest BCUT2D eigenvalue weighted by atomic mass is 35.7. The summed E-state index contributed by atoms with van der Waals surface area (Å²) in [5.74, 6) is -0.434. The number of amides is 2. The van der Waals surface area contributed by atoms with Gasteiger partial charge in [-0.1, -0.05) is 6.07 Å². The lowest BCUT2D eigenvalue weighted by atomic mass is 10.1. The van der Waals surface area contributed by atoms with Crippen molar-refractivity contribution in [2.24, 2.45) is 0 Å². The quantitative estimate of drug-likeness (QED) is 0.753. The number of carbonyl (C=O) groups is 2. The molecule has 1 heterocycles. The summed E-state index contributed by atoms with van der Waals surface area (Å²) in [4.78, 5) is 27.5. The van der Waals surface area contributed by atoms with Gasteiger partial charge in [0.15, 0.2) is 0 Å². The van der Waals surface area contributed by atoms with Gasteiger partial charge in [-0.25, -0.2) is 8.42 Å². The van der Waals surface area contributed by atoms with E-state index in [0.29, 0.717) is 24.3 Å². The van der Waals surface area contributed by atoms with Gasteiger partial charge in [0.2, 0.25) is 15.0 Å². The first-order valence-corrected chi connectivity index (χ1v) is 9.78. The average molecular weight is 359 g/mol. The average Bonchev–Trinajstić information content (AvgIpc) is 2.90. The third-order valence-corrected chi connectivity index (χ3v) is 5.81. The zero-order chi connectivity index (χ0) is 17.2. The molecule has 23 heavy (non-hydrogen) atoms. The molecule has 126 valence electrons. The van der Waals surface area contributed by atoms with Crippen LogP contribution in [0.1, 0.15) is 30.6 Å². The number of anilines is 1. The lowest BCUT2D eigenvalue weighted by Crippen LogP contribution is -2.31. The van der Waals surface area contributed by atoms with Crippen LogP contribution in [0, 0.1) is 0 Å². The van der Waals surface area contributed by atoms with Crippen molar-refractivity contribution >= 4 is 37.2 Å². The van der Waals surface area contributed by atoms with Crippen molar-refractivity contribution in [3.63, 3.8) is 0 Å². The summed E-state index contributed by atoms with van der Waals surface area (Å²) in [6.07, 6.45) is -0.139. The van der Waals surface area contributed by atoms with E-state index in [9.17, 15) is 18.0 Å². The molecule has 0 aromatic heterocycles. The zero-order valence-corrected chi connectivity index (χ0v) is 14.6. The minimum Gasteiger partial charge on any atom is -0.339 e. The molecule has 1 aromatic rings. The Hall–Kier alpha value is -1.60.